The molecule has 8 aromatic rings. The van der Waals surface area contributed by atoms with Crippen LogP contribution in [-0.2, 0) is 26.2 Å². The van der Waals surface area contributed by atoms with Gasteiger partial charge in [0, 0.05) is 57.0 Å². The zero-order valence-corrected chi connectivity index (χ0v) is 42.9. The molecule has 4 aromatic heterocycles. The van der Waals surface area contributed by atoms with Crippen LogP contribution in [0.5, 0.6) is 0 Å². The van der Waals surface area contributed by atoms with Crippen molar-refractivity contribution in [3.05, 3.63) is 138 Å². The van der Waals surface area contributed by atoms with E-state index >= 15 is 0 Å². The third kappa shape index (κ3) is 15.3. The lowest BCUT2D eigenvalue weighted by Gasteiger charge is -2.26. The van der Waals surface area contributed by atoms with Gasteiger partial charge in [0.2, 0.25) is 11.2 Å². The second-order valence-corrected chi connectivity index (χ2v) is 18.9. The fourth-order valence-corrected chi connectivity index (χ4v) is 9.00. The van der Waals surface area contributed by atoms with Gasteiger partial charge in [-0.05, 0) is 116 Å². The molecule has 0 aliphatic heterocycles. The summed E-state index contributed by atoms with van der Waals surface area (Å²) in [5.41, 5.74) is 27.7. The lowest BCUT2D eigenvalue weighted by atomic mass is 9.92. The van der Waals surface area contributed by atoms with Crippen LogP contribution in [0, 0.1) is 0 Å². The molecule has 0 spiro atoms. The van der Waals surface area contributed by atoms with Gasteiger partial charge in [-0.1, -0.05) is 123 Å². The Morgan fingerprint density at radius 1 is 0.528 bits per heavy atom. The van der Waals surface area contributed by atoms with Crippen molar-refractivity contribution in [2.45, 2.75) is 135 Å². The van der Waals surface area contributed by atoms with Crippen LogP contribution in [-0.4, -0.2) is 74.9 Å². The molecule has 0 radical (unpaired) electrons. The number of benzene rings is 4. The monoisotopic (exact) mass is 993 g/mol. The van der Waals surface area contributed by atoms with E-state index in [0.717, 1.165) is 111 Å². The summed E-state index contributed by atoms with van der Waals surface area (Å²) in [6.07, 6.45) is 14.4. The number of aliphatic hydroxyl groups is 1. The average molecular weight is 994 g/mol. The molecule has 4 aromatic carbocycles. The first kappa shape index (κ1) is 53.3. The first-order valence-electron chi connectivity index (χ1n) is 25.7. The number of hydrogen-bond acceptors (Lipinski definition) is 13. The van der Waals surface area contributed by atoms with Gasteiger partial charge in [0.05, 0.1) is 12.7 Å². The largest absolute Gasteiger partial charge is 0.397 e. The standard InChI is InChI=1S/C27H33N7.C21H20ClN5.C6H14N2.C2H6O/c1-2-16-34-18-30-24-25(32-27(33-26(24)34)31-23-14-12-22(28)13-15-23)29-17-19-8-10-21(11-9-19)20-6-4-3-5-7-20;1-2-12-27-14-24-18-19(25-21(22)26-20(18)27)23-13-15-8-10-17(11-9-15)16-6-4-3-5-7-16;7-5-1-2-6(8)4-3-5;1-2-3/h3-11,18,22-23H,2,12-17,28H2,1H3,(H2,29,31,32,33);3-11,14H,2,12-13H2,1H3,(H,23,25,26);5-6H,1-4,7-8H2;3H,2H2,1H3. The fourth-order valence-electron chi connectivity index (χ4n) is 8.84. The number of nitrogens with one attached hydrogen (secondary N) is 3. The smallest absolute Gasteiger partial charge is 0.227 e. The van der Waals surface area contributed by atoms with E-state index in [1.54, 1.807) is 13.3 Å². The number of aromatic nitrogens is 8. The number of nitrogens with zero attached hydrogens (tertiary/aromatic N) is 8. The molecule has 10 N–H and O–H groups in total. The van der Waals surface area contributed by atoms with Crippen molar-refractivity contribution < 1.29 is 5.11 Å². The molecule has 2 saturated carbocycles. The number of aryl methyl sites for hydroxylation is 2. The number of nitrogens with two attached hydrogens (primary N) is 3. The van der Waals surface area contributed by atoms with E-state index in [2.05, 4.69) is 139 Å². The van der Waals surface area contributed by atoms with Gasteiger partial charge in [0.15, 0.2) is 34.0 Å². The normalized spacial score (nSPS) is 17.4. The molecule has 0 atom stereocenters. The van der Waals surface area contributed by atoms with Crippen LogP contribution in [0.1, 0.15) is 96.1 Å². The van der Waals surface area contributed by atoms with Gasteiger partial charge >= 0.3 is 0 Å². The molecule has 72 heavy (non-hydrogen) atoms. The summed E-state index contributed by atoms with van der Waals surface area (Å²) in [6, 6.07) is 39.5. The minimum absolute atomic E-state index is 0.224. The van der Waals surface area contributed by atoms with Crippen LogP contribution in [0.25, 0.3) is 44.6 Å². The average Bonchev–Trinajstić information content (AvgIpc) is 4.01. The molecule has 16 heteroatoms. The first-order valence-corrected chi connectivity index (χ1v) is 26.0. The number of fused-ring (bicyclic) bond motifs is 2. The summed E-state index contributed by atoms with van der Waals surface area (Å²) in [7, 11) is 0. The third-order valence-electron chi connectivity index (χ3n) is 12.8. The van der Waals surface area contributed by atoms with Crippen molar-refractivity contribution in [3.8, 4) is 22.3 Å². The maximum Gasteiger partial charge on any atom is 0.227 e. The van der Waals surface area contributed by atoms with Gasteiger partial charge in [-0.25, -0.2) is 9.97 Å². The highest BCUT2D eigenvalue weighted by Gasteiger charge is 2.21. The molecule has 0 unspecified atom stereocenters. The number of aliphatic hydroxyl groups excluding tert-OH is 1. The Labute approximate surface area is 429 Å². The summed E-state index contributed by atoms with van der Waals surface area (Å²) in [5.74, 6) is 2.08. The van der Waals surface area contributed by atoms with Gasteiger partial charge in [-0.15, -0.1) is 0 Å². The second kappa shape index (κ2) is 27.4. The molecule has 2 aliphatic carbocycles. The van der Waals surface area contributed by atoms with Crippen molar-refractivity contribution >= 4 is 51.5 Å². The lowest BCUT2D eigenvalue weighted by Crippen LogP contribution is -2.33. The highest BCUT2D eigenvalue weighted by molar-refractivity contribution is 6.28. The SMILES string of the molecule is CCCn1cnc2c(NCc3ccc(-c4ccccc4)cc3)nc(Cl)nc21.CCCn1cnc2c(NCc3ccc(-c4ccccc4)cc3)nc(NC3CCC(N)CC3)nc21.CCO.NC1CCC(N)CC1. The zero-order valence-electron chi connectivity index (χ0n) is 42.1. The Hall–Kier alpha value is -6.49. The molecule has 0 amide bonds. The highest BCUT2D eigenvalue weighted by atomic mass is 35.5. The summed E-state index contributed by atoms with van der Waals surface area (Å²) in [5, 5.41) is 18.2. The lowest BCUT2D eigenvalue weighted by molar-refractivity contribution is 0.318. The van der Waals surface area contributed by atoms with E-state index in [9.17, 15) is 0 Å². The Morgan fingerprint density at radius 2 is 0.917 bits per heavy atom. The molecule has 0 saturated heterocycles. The number of halogens is 1. The van der Waals surface area contributed by atoms with Gasteiger partial charge in [0.1, 0.15) is 0 Å². The molecule has 2 fully saturated rings. The third-order valence-corrected chi connectivity index (χ3v) is 13.0. The second-order valence-electron chi connectivity index (χ2n) is 18.5. The molecule has 380 valence electrons. The molecule has 15 nitrogen and oxygen atoms in total. The fraction of sp³-hybridized carbons (Fsp3) is 0.393. The first-order chi connectivity index (χ1) is 35.1. The van der Waals surface area contributed by atoms with Crippen molar-refractivity contribution in [2.75, 3.05) is 22.6 Å². The van der Waals surface area contributed by atoms with Gasteiger partial charge < -0.3 is 47.4 Å². The van der Waals surface area contributed by atoms with Crippen LogP contribution < -0.4 is 33.2 Å². The minimum Gasteiger partial charge on any atom is -0.397 e. The van der Waals surface area contributed by atoms with Crippen molar-refractivity contribution in [2.24, 2.45) is 17.2 Å². The maximum absolute atomic E-state index is 7.57. The Balaban J connectivity index is 0.000000178. The number of anilines is 3. The highest BCUT2D eigenvalue weighted by Crippen LogP contribution is 2.27. The van der Waals surface area contributed by atoms with Crippen molar-refractivity contribution in [1.82, 2.24) is 39.0 Å². The molecule has 10 rings (SSSR count). The van der Waals surface area contributed by atoms with Crippen LogP contribution in [0.15, 0.2) is 122 Å². The van der Waals surface area contributed by atoms with Crippen LogP contribution >= 0.6 is 11.6 Å². The van der Waals surface area contributed by atoms with Gasteiger partial charge in [-0.2, -0.15) is 19.9 Å². The van der Waals surface area contributed by atoms with Gasteiger partial charge in [0.25, 0.3) is 0 Å². The van der Waals surface area contributed by atoms with E-state index < -0.39 is 0 Å². The topological polar surface area (TPSA) is 222 Å². The summed E-state index contributed by atoms with van der Waals surface area (Å²) >= 11 is 6.12. The van der Waals surface area contributed by atoms with E-state index in [1.165, 1.54) is 27.8 Å². The molecular formula is C56H73ClN14O. The molecular weight excluding hydrogens is 920 g/mol. The number of hydrogen-bond donors (Lipinski definition) is 7. The van der Waals surface area contributed by atoms with E-state index in [1.807, 2.05) is 35.2 Å². The number of rotatable bonds is 14. The van der Waals surface area contributed by atoms with E-state index in [4.69, 9.17) is 43.9 Å². The van der Waals surface area contributed by atoms with Crippen molar-refractivity contribution in [3.63, 3.8) is 0 Å². The van der Waals surface area contributed by atoms with E-state index in [-0.39, 0.29) is 11.9 Å². The molecule has 0 bridgehead atoms. The Morgan fingerprint density at radius 3 is 1.35 bits per heavy atom. The maximum atomic E-state index is 7.57. The summed E-state index contributed by atoms with van der Waals surface area (Å²) in [6.45, 7) is 9.25. The van der Waals surface area contributed by atoms with Crippen molar-refractivity contribution in [1.29, 1.82) is 0 Å². The predicted octanol–water partition coefficient (Wildman–Crippen LogP) is 10.6. The molecule has 4 heterocycles. The van der Waals surface area contributed by atoms with Crippen LogP contribution in [0.4, 0.5) is 17.6 Å². The summed E-state index contributed by atoms with van der Waals surface area (Å²) < 4.78 is 4.11. The van der Waals surface area contributed by atoms with Crippen LogP contribution in [0.3, 0.4) is 0 Å². The molecule has 2 aliphatic rings. The van der Waals surface area contributed by atoms with Gasteiger partial charge in [-0.3, -0.25) is 0 Å². The van der Waals surface area contributed by atoms with Crippen LogP contribution in [0.2, 0.25) is 5.28 Å². The zero-order chi connectivity index (χ0) is 50.7. The predicted molar refractivity (Wildman–Crippen MR) is 296 cm³/mol. The Bertz CT molecular complexity index is 2810. The van der Waals surface area contributed by atoms with E-state index in [0.29, 0.717) is 49.0 Å². The quantitative estimate of drug-likeness (QED) is 0.0505. The Kier molecular flexibility index (Phi) is 20.3. The number of imidazole rings is 2. The minimum atomic E-state index is 0.224. The summed E-state index contributed by atoms with van der Waals surface area (Å²) in [4.78, 5) is 27.4.